The summed E-state index contributed by atoms with van der Waals surface area (Å²) in [5, 5.41) is 13.8. The van der Waals surface area contributed by atoms with Crippen molar-refractivity contribution in [3.8, 4) is 0 Å². The molecule has 0 aromatic heterocycles. The van der Waals surface area contributed by atoms with E-state index in [0.717, 1.165) is 12.1 Å². The van der Waals surface area contributed by atoms with Gasteiger partial charge >= 0.3 is 12.0 Å². The second-order valence-corrected chi connectivity index (χ2v) is 5.15. The maximum atomic E-state index is 13.0. The van der Waals surface area contributed by atoms with Crippen molar-refractivity contribution in [2.45, 2.75) is 26.3 Å². The average Bonchev–Trinajstić information content (AvgIpc) is 2.32. The second-order valence-electron chi connectivity index (χ2n) is 4.74. The van der Waals surface area contributed by atoms with Gasteiger partial charge in [0.05, 0.1) is 10.7 Å². The number of nitrogens with one attached hydrogen (secondary N) is 2. The number of carbonyl (C=O) groups excluding carboxylic acids is 1. The molecule has 1 aromatic carbocycles. The van der Waals surface area contributed by atoms with Gasteiger partial charge in [0.1, 0.15) is 11.9 Å². The first kappa shape index (κ1) is 16.2. The Balaban J connectivity index is 2.70. The lowest BCUT2D eigenvalue weighted by atomic mass is 10.0. The van der Waals surface area contributed by atoms with Crippen molar-refractivity contribution < 1.29 is 19.1 Å². The molecule has 0 aliphatic carbocycles. The normalized spacial score (nSPS) is 12.1. The summed E-state index contributed by atoms with van der Waals surface area (Å²) in [6.07, 6.45) is 0.291. The summed E-state index contributed by atoms with van der Waals surface area (Å²) in [4.78, 5) is 22.7. The van der Waals surface area contributed by atoms with Crippen LogP contribution in [0.15, 0.2) is 18.2 Å². The Kier molecular flexibility index (Phi) is 5.76. The van der Waals surface area contributed by atoms with Crippen LogP contribution in [0, 0.1) is 11.7 Å². The largest absolute Gasteiger partial charge is 0.480 e. The van der Waals surface area contributed by atoms with Crippen LogP contribution >= 0.6 is 11.6 Å². The zero-order valence-corrected chi connectivity index (χ0v) is 11.9. The van der Waals surface area contributed by atoms with Crippen LogP contribution in [0.4, 0.5) is 14.9 Å². The minimum Gasteiger partial charge on any atom is -0.480 e. The standard InChI is InChI=1S/C13H16ClFN2O3/c1-7(2)5-11(12(18)19)17-13(20)16-10-6-8(15)3-4-9(10)14/h3-4,6-7,11H,5H2,1-2H3,(H,18,19)(H2,16,17,20). The Hall–Kier alpha value is -1.82. The lowest BCUT2D eigenvalue weighted by molar-refractivity contribution is -0.139. The highest BCUT2D eigenvalue weighted by atomic mass is 35.5. The van der Waals surface area contributed by atoms with Gasteiger partial charge in [0.2, 0.25) is 0 Å². The van der Waals surface area contributed by atoms with Gasteiger partial charge in [0, 0.05) is 0 Å². The van der Waals surface area contributed by atoms with Crippen LogP contribution in [0.25, 0.3) is 0 Å². The summed E-state index contributed by atoms with van der Waals surface area (Å²) in [6, 6.07) is 1.76. The van der Waals surface area contributed by atoms with Gasteiger partial charge in [0.15, 0.2) is 0 Å². The number of rotatable bonds is 5. The molecule has 0 heterocycles. The molecule has 5 nitrogen and oxygen atoms in total. The van der Waals surface area contributed by atoms with E-state index in [1.165, 1.54) is 6.07 Å². The van der Waals surface area contributed by atoms with Crippen molar-refractivity contribution in [3.05, 3.63) is 29.0 Å². The van der Waals surface area contributed by atoms with Gasteiger partial charge in [-0.05, 0) is 30.5 Å². The predicted octanol–water partition coefficient (Wildman–Crippen LogP) is 3.10. The van der Waals surface area contributed by atoms with E-state index in [0.29, 0.717) is 6.42 Å². The third-order valence-corrected chi connectivity index (χ3v) is 2.82. The maximum Gasteiger partial charge on any atom is 0.326 e. The number of halogens is 2. The molecule has 1 atom stereocenters. The van der Waals surface area contributed by atoms with E-state index < -0.39 is 23.9 Å². The molecule has 3 N–H and O–H groups in total. The highest BCUT2D eigenvalue weighted by molar-refractivity contribution is 6.33. The van der Waals surface area contributed by atoms with Crippen LogP contribution in [0.1, 0.15) is 20.3 Å². The molecule has 1 unspecified atom stereocenters. The highest BCUT2D eigenvalue weighted by Crippen LogP contribution is 2.22. The van der Waals surface area contributed by atoms with Crippen molar-refractivity contribution in [3.63, 3.8) is 0 Å². The Morgan fingerprint density at radius 3 is 2.60 bits per heavy atom. The Morgan fingerprint density at radius 1 is 1.40 bits per heavy atom. The molecule has 0 aliphatic heterocycles. The van der Waals surface area contributed by atoms with Crippen molar-refractivity contribution in [1.29, 1.82) is 0 Å². The Labute approximate surface area is 121 Å². The third-order valence-electron chi connectivity index (χ3n) is 2.49. The lowest BCUT2D eigenvalue weighted by Crippen LogP contribution is -2.43. The van der Waals surface area contributed by atoms with Crippen molar-refractivity contribution in [2.75, 3.05) is 5.32 Å². The third kappa shape index (κ3) is 5.05. The fourth-order valence-corrected chi connectivity index (χ4v) is 1.77. The number of anilines is 1. The minimum atomic E-state index is -1.13. The van der Waals surface area contributed by atoms with Crippen molar-refractivity contribution >= 4 is 29.3 Å². The molecular weight excluding hydrogens is 287 g/mol. The molecule has 110 valence electrons. The van der Waals surface area contributed by atoms with E-state index in [4.69, 9.17) is 16.7 Å². The minimum absolute atomic E-state index is 0.0813. The number of carboxylic acid groups (broad SMARTS) is 1. The number of amides is 2. The number of carbonyl (C=O) groups is 2. The van der Waals surface area contributed by atoms with E-state index in [1.807, 2.05) is 13.8 Å². The molecule has 0 bridgehead atoms. The van der Waals surface area contributed by atoms with Gasteiger partial charge in [0.25, 0.3) is 0 Å². The molecule has 7 heteroatoms. The van der Waals surface area contributed by atoms with Crippen LogP contribution in [0.5, 0.6) is 0 Å². The highest BCUT2D eigenvalue weighted by Gasteiger charge is 2.21. The van der Waals surface area contributed by atoms with Crippen molar-refractivity contribution in [1.82, 2.24) is 5.32 Å². The molecule has 0 radical (unpaired) electrons. The van der Waals surface area contributed by atoms with Crippen LogP contribution < -0.4 is 10.6 Å². The molecule has 1 rings (SSSR count). The Morgan fingerprint density at radius 2 is 2.05 bits per heavy atom. The van der Waals surface area contributed by atoms with Gasteiger partial charge in [-0.3, -0.25) is 0 Å². The summed E-state index contributed by atoms with van der Waals surface area (Å²) in [5.41, 5.74) is 0.0813. The number of benzene rings is 1. The number of carboxylic acids is 1. The number of hydrogen-bond donors (Lipinski definition) is 3. The van der Waals surface area contributed by atoms with Gasteiger partial charge in [-0.25, -0.2) is 14.0 Å². The molecule has 20 heavy (non-hydrogen) atoms. The summed E-state index contributed by atoms with van der Waals surface area (Å²) in [6.45, 7) is 3.69. The van der Waals surface area contributed by atoms with Gasteiger partial charge in [-0.2, -0.15) is 0 Å². The van der Waals surface area contributed by atoms with E-state index in [1.54, 1.807) is 0 Å². The molecular formula is C13H16ClFN2O3. The quantitative estimate of drug-likeness (QED) is 0.782. The zero-order valence-electron chi connectivity index (χ0n) is 11.1. The zero-order chi connectivity index (χ0) is 15.3. The first-order valence-corrected chi connectivity index (χ1v) is 6.42. The first-order chi connectivity index (χ1) is 9.29. The molecule has 0 fully saturated rings. The summed E-state index contributed by atoms with van der Waals surface area (Å²) in [5.74, 6) is -1.57. The number of hydrogen-bond acceptors (Lipinski definition) is 2. The fraction of sp³-hybridized carbons (Fsp3) is 0.385. The molecule has 0 saturated carbocycles. The Bertz CT molecular complexity index is 508. The smallest absolute Gasteiger partial charge is 0.326 e. The summed E-state index contributed by atoms with van der Waals surface area (Å²) in [7, 11) is 0. The van der Waals surface area contributed by atoms with Crippen LogP contribution in [-0.4, -0.2) is 23.1 Å². The van der Waals surface area contributed by atoms with E-state index in [-0.39, 0.29) is 16.6 Å². The number of urea groups is 1. The first-order valence-electron chi connectivity index (χ1n) is 6.05. The second kappa shape index (κ2) is 7.09. The average molecular weight is 303 g/mol. The van der Waals surface area contributed by atoms with Gasteiger partial charge in [-0.1, -0.05) is 25.4 Å². The molecule has 0 aliphatic rings. The van der Waals surface area contributed by atoms with Crippen LogP contribution in [0.3, 0.4) is 0 Å². The molecule has 0 spiro atoms. The SMILES string of the molecule is CC(C)CC(NC(=O)Nc1cc(F)ccc1Cl)C(=O)O. The molecule has 1 aromatic rings. The van der Waals surface area contributed by atoms with Gasteiger partial charge < -0.3 is 15.7 Å². The van der Waals surface area contributed by atoms with Gasteiger partial charge in [-0.15, -0.1) is 0 Å². The van der Waals surface area contributed by atoms with Crippen LogP contribution in [-0.2, 0) is 4.79 Å². The maximum absolute atomic E-state index is 13.0. The van der Waals surface area contributed by atoms with E-state index in [2.05, 4.69) is 10.6 Å². The number of aliphatic carboxylic acids is 1. The summed E-state index contributed by atoms with van der Waals surface area (Å²) < 4.78 is 13.0. The predicted molar refractivity (Wildman–Crippen MR) is 74.4 cm³/mol. The summed E-state index contributed by atoms with van der Waals surface area (Å²) >= 11 is 5.80. The van der Waals surface area contributed by atoms with E-state index in [9.17, 15) is 14.0 Å². The monoisotopic (exact) mass is 302 g/mol. The molecule has 0 saturated heterocycles. The van der Waals surface area contributed by atoms with Crippen molar-refractivity contribution in [2.24, 2.45) is 5.92 Å². The van der Waals surface area contributed by atoms with Crippen LogP contribution in [0.2, 0.25) is 5.02 Å². The van der Waals surface area contributed by atoms with E-state index >= 15 is 0 Å². The topological polar surface area (TPSA) is 78.4 Å². The lowest BCUT2D eigenvalue weighted by Gasteiger charge is -2.17. The molecule has 2 amide bonds. The fourth-order valence-electron chi connectivity index (χ4n) is 1.60.